The minimum atomic E-state index is -0.565. The van der Waals surface area contributed by atoms with Crippen molar-refractivity contribution in [3.63, 3.8) is 0 Å². The molecule has 0 radical (unpaired) electrons. The molecule has 0 bridgehead atoms. The van der Waals surface area contributed by atoms with Gasteiger partial charge in [-0.3, -0.25) is 9.59 Å². The number of hydrogen-bond acceptors (Lipinski definition) is 5. The fourth-order valence-electron chi connectivity index (χ4n) is 1.08. The van der Waals surface area contributed by atoms with Crippen LogP contribution in [0, 0.1) is 0 Å². The summed E-state index contributed by atoms with van der Waals surface area (Å²) < 4.78 is 4.79. The van der Waals surface area contributed by atoms with E-state index in [9.17, 15) is 9.59 Å². The average molecular weight is 262 g/mol. The van der Waals surface area contributed by atoms with Crippen molar-refractivity contribution in [3.8, 4) is 0 Å². The SMILES string of the molecule is CCOC(=O)C(N)CSCCCC(=O)N(C)C. The second kappa shape index (κ2) is 9.30. The molecule has 0 aliphatic heterocycles. The molecule has 17 heavy (non-hydrogen) atoms. The minimum absolute atomic E-state index is 0.125. The zero-order valence-electron chi connectivity index (χ0n) is 10.8. The molecule has 0 aliphatic carbocycles. The van der Waals surface area contributed by atoms with Crippen molar-refractivity contribution >= 4 is 23.6 Å². The molecule has 1 unspecified atom stereocenters. The molecule has 0 aliphatic rings. The quantitative estimate of drug-likeness (QED) is 0.509. The third-order valence-corrected chi connectivity index (χ3v) is 3.24. The summed E-state index contributed by atoms with van der Waals surface area (Å²) in [7, 11) is 3.48. The lowest BCUT2D eigenvalue weighted by atomic mass is 10.3. The number of esters is 1. The fourth-order valence-corrected chi connectivity index (χ4v) is 1.98. The second-order valence-electron chi connectivity index (χ2n) is 3.83. The zero-order chi connectivity index (χ0) is 13.3. The van der Waals surface area contributed by atoms with Crippen molar-refractivity contribution in [2.24, 2.45) is 5.73 Å². The lowest BCUT2D eigenvalue weighted by molar-refractivity contribution is -0.144. The van der Waals surface area contributed by atoms with E-state index < -0.39 is 6.04 Å². The van der Waals surface area contributed by atoms with Crippen molar-refractivity contribution in [2.75, 3.05) is 32.2 Å². The van der Waals surface area contributed by atoms with Gasteiger partial charge in [-0.2, -0.15) is 11.8 Å². The number of hydrogen-bond donors (Lipinski definition) is 1. The fraction of sp³-hybridized carbons (Fsp3) is 0.818. The van der Waals surface area contributed by atoms with Crippen LogP contribution in [-0.4, -0.2) is 55.0 Å². The Bertz CT molecular complexity index is 247. The molecule has 100 valence electrons. The van der Waals surface area contributed by atoms with Gasteiger partial charge in [0.15, 0.2) is 0 Å². The molecular formula is C11H22N2O3S. The van der Waals surface area contributed by atoms with E-state index in [4.69, 9.17) is 10.5 Å². The summed E-state index contributed by atoms with van der Waals surface area (Å²) in [5.74, 6) is 1.13. The summed E-state index contributed by atoms with van der Waals surface area (Å²) in [6, 6.07) is -0.565. The van der Waals surface area contributed by atoms with E-state index in [2.05, 4.69) is 0 Å². The maximum atomic E-state index is 11.3. The highest BCUT2D eigenvalue weighted by atomic mass is 32.2. The number of nitrogens with two attached hydrogens (primary N) is 1. The summed E-state index contributed by atoms with van der Waals surface area (Å²) in [5.41, 5.74) is 5.62. The standard InChI is InChI=1S/C11H22N2O3S/c1-4-16-11(15)9(12)8-17-7-5-6-10(14)13(2)3/h9H,4-8,12H2,1-3H3. The van der Waals surface area contributed by atoms with Gasteiger partial charge >= 0.3 is 5.97 Å². The third-order valence-electron chi connectivity index (χ3n) is 2.06. The summed E-state index contributed by atoms with van der Waals surface area (Å²) in [6.45, 7) is 2.11. The van der Waals surface area contributed by atoms with Gasteiger partial charge in [0, 0.05) is 26.3 Å². The van der Waals surface area contributed by atoms with Crippen molar-refractivity contribution < 1.29 is 14.3 Å². The van der Waals surface area contributed by atoms with Crippen LogP contribution in [0.1, 0.15) is 19.8 Å². The molecule has 2 N–H and O–H groups in total. The van der Waals surface area contributed by atoms with Gasteiger partial charge in [-0.05, 0) is 19.1 Å². The topological polar surface area (TPSA) is 72.6 Å². The number of carbonyl (C=O) groups is 2. The van der Waals surface area contributed by atoms with Crippen molar-refractivity contribution in [3.05, 3.63) is 0 Å². The first kappa shape index (κ1) is 16.2. The maximum absolute atomic E-state index is 11.3. The van der Waals surface area contributed by atoms with Gasteiger partial charge in [0.25, 0.3) is 0 Å². The van der Waals surface area contributed by atoms with E-state index in [1.54, 1.807) is 37.7 Å². The van der Waals surface area contributed by atoms with Crippen LogP contribution in [0.3, 0.4) is 0 Å². The van der Waals surface area contributed by atoms with Crippen LogP contribution in [0.5, 0.6) is 0 Å². The smallest absolute Gasteiger partial charge is 0.323 e. The van der Waals surface area contributed by atoms with Crippen LogP contribution in [0.4, 0.5) is 0 Å². The molecule has 1 atom stereocenters. The van der Waals surface area contributed by atoms with Gasteiger partial charge in [0.05, 0.1) is 6.61 Å². The van der Waals surface area contributed by atoms with E-state index in [1.165, 1.54) is 0 Å². The molecule has 1 amide bonds. The summed E-state index contributed by atoms with van der Waals surface area (Å²) in [5, 5.41) is 0. The monoisotopic (exact) mass is 262 g/mol. The number of ether oxygens (including phenoxy) is 1. The summed E-state index contributed by atoms with van der Waals surface area (Å²) in [4.78, 5) is 24.0. The van der Waals surface area contributed by atoms with E-state index >= 15 is 0 Å². The molecule has 0 saturated heterocycles. The van der Waals surface area contributed by atoms with E-state index in [0.717, 1.165) is 12.2 Å². The first-order chi connectivity index (χ1) is 7.99. The highest BCUT2D eigenvalue weighted by Crippen LogP contribution is 2.07. The molecular weight excluding hydrogens is 240 g/mol. The Balaban J connectivity index is 3.51. The second-order valence-corrected chi connectivity index (χ2v) is 4.98. The largest absolute Gasteiger partial charge is 0.465 e. The van der Waals surface area contributed by atoms with E-state index in [0.29, 0.717) is 18.8 Å². The number of thioether (sulfide) groups is 1. The number of nitrogens with zero attached hydrogens (tertiary/aromatic N) is 1. The van der Waals surface area contributed by atoms with Gasteiger partial charge < -0.3 is 15.4 Å². The Morgan fingerprint density at radius 3 is 2.59 bits per heavy atom. The molecule has 0 saturated carbocycles. The molecule has 0 rings (SSSR count). The lowest BCUT2D eigenvalue weighted by Gasteiger charge is -2.11. The number of carbonyl (C=O) groups excluding carboxylic acids is 2. The van der Waals surface area contributed by atoms with Crippen molar-refractivity contribution in [1.29, 1.82) is 0 Å². The van der Waals surface area contributed by atoms with Crippen LogP contribution in [0.25, 0.3) is 0 Å². The van der Waals surface area contributed by atoms with Gasteiger partial charge in [-0.25, -0.2) is 0 Å². The predicted octanol–water partition coefficient (Wildman–Crippen LogP) is 0.478. The number of amides is 1. The highest BCUT2D eigenvalue weighted by molar-refractivity contribution is 7.99. The Morgan fingerprint density at radius 2 is 2.06 bits per heavy atom. The highest BCUT2D eigenvalue weighted by Gasteiger charge is 2.14. The van der Waals surface area contributed by atoms with Gasteiger partial charge in [-0.1, -0.05) is 0 Å². The van der Waals surface area contributed by atoms with Crippen LogP contribution in [0.15, 0.2) is 0 Å². The molecule has 6 heteroatoms. The Hall–Kier alpha value is -0.750. The van der Waals surface area contributed by atoms with Crippen LogP contribution in [0.2, 0.25) is 0 Å². The Labute approximate surface area is 107 Å². The number of rotatable bonds is 8. The van der Waals surface area contributed by atoms with Gasteiger partial charge in [-0.15, -0.1) is 0 Å². The molecule has 0 fully saturated rings. The van der Waals surface area contributed by atoms with Crippen LogP contribution in [-0.2, 0) is 14.3 Å². The molecule has 5 nitrogen and oxygen atoms in total. The molecule has 0 aromatic rings. The molecule has 0 heterocycles. The third kappa shape index (κ3) is 8.04. The normalized spacial score (nSPS) is 12.0. The van der Waals surface area contributed by atoms with E-state index in [-0.39, 0.29) is 11.9 Å². The first-order valence-corrected chi connectivity index (χ1v) is 6.84. The minimum Gasteiger partial charge on any atom is -0.465 e. The first-order valence-electron chi connectivity index (χ1n) is 5.69. The maximum Gasteiger partial charge on any atom is 0.323 e. The summed E-state index contributed by atoms with van der Waals surface area (Å²) >= 11 is 1.57. The molecule has 0 aromatic carbocycles. The van der Waals surface area contributed by atoms with E-state index in [1.807, 2.05) is 0 Å². The van der Waals surface area contributed by atoms with Crippen molar-refractivity contribution in [2.45, 2.75) is 25.8 Å². The predicted molar refractivity (Wildman–Crippen MR) is 69.9 cm³/mol. The molecule has 0 spiro atoms. The summed E-state index contributed by atoms with van der Waals surface area (Å²) in [6.07, 6.45) is 1.34. The Morgan fingerprint density at radius 1 is 1.41 bits per heavy atom. The van der Waals surface area contributed by atoms with Gasteiger partial charge in [0.2, 0.25) is 5.91 Å². The van der Waals surface area contributed by atoms with Crippen LogP contribution < -0.4 is 5.73 Å². The molecule has 0 aromatic heterocycles. The van der Waals surface area contributed by atoms with Crippen LogP contribution >= 0.6 is 11.8 Å². The average Bonchev–Trinajstić information content (AvgIpc) is 2.28. The zero-order valence-corrected chi connectivity index (χ0v) is 11.6. The van der Waals surface area contributed by atoms with Gasteiger partial charge in [0.1, 0.15) is 6.04 Å². The van der Waals surface area contributed by atoms with Crippen molar-refractivity contribution in [1.82, 2.24) is 4.90 Å². The Kier molecular flexibility index (Phi) is 8.89. The lowest BCUT2D eigenvalue weighted by Crippen LogP contribution is -2.34.